The number of nitrogens with one attached hydrogen (secondary N) is 1. The van der Waals surface area contributed by atoms with Crippen LogP contribution in [-0.4, -0.2) is 59.3 Å². The zero-order chi connectivity index (χ0) is 16.4. The van der Waals surface area contributed by atoms with E-state index in [0.29, 0.717) is 28.8 Å². The van der Waals surface area contributed by atoms with Gasteiger partial charge in [0.15, 0.2) is 0 Å². The van der Waals surface area contributed by atoms with Crippen molar-refractivity contribution in [2.45, 2.75) is 31.4 Å². The van der Waals surface area contributed by atoms with Crippen LogP contribution in [0.3, 0.4) is 0 Å². The number of piperidine rings is 1. The average molecular weight is 358 g/mol. The van der Waals surface area contributed by atoms with Crippen molar-refractivity contribution in [2.75, 3.05) is 31.5 Å². The highest BCUT2D eigenvalue weighted by Gasteiger charge is 2.37. The molecule has 2 N–H and O–H groups in total. The number of anilines is 1. The maximum atomic E-state index is 12.4. The van der Waals surface area contributed by atoms with E-state index < -0.39 is 6.10 Å². The average Bonchev–Trinajstić information content (AvgIpc) is 2.89. The molecule has 2 heterocycles. The molecule has 0 aliphatic carbocycles. The maximum absolute atomic E-state index is 12.4. The molecule has 2 aliphatic rings. The van der Waals surface area contributed by atoms with E-state index in [-0.39, 0.29) is 12.1 Å². The number of hydrogen-bond acceptors (Lipinski definition) is 3. The Labute approximate surface area is 146 Å². The minimum absolute atomic E-state index is 0.0315. The molecule has 2 amide bonds. The fourth-order valence-corrected chi connectivity index (χ4v) is 3.90. The van der Waals surface area contributed by atoms with E-state index in [4.69, 9.17) is 23.2 Å². The van der Waals surface area contributed by atoms with Gasteiger partial charge in [-0.25, -0.2) is 4.79 Å². The van der Waals surface area contributed by atoms with Gasteiger partial charge in [0.25, 0.3) is 0 Å². The first-order chi connectivity index (χ1) is 11.0. The van der Waals surface area contributed by atoms with Gasteiger partial charge in [0.2, 0.25) is 0 Å². The van der Waals surface area contributed by atoms with Gasteiger partial charge in [-0.3, -0.25) is 4.90 Å². The molecule has 23 heavy (non-hydrogen) atoms. The Morgan fingerprint density at radius 1 is 1.09 bits per heavy atom. The summed E-state index contributed by atoms with van der Waals surface area (Å²) in [5.74, 6) is 0. The van der Waals surface area contributed by atoms with E-state index in [0.717, 1.165) is 25.9 Å². The highest BCUT2D eigenvalue weighted by Crippen LogP contribution is 2.24. The molecule has 2 saturated heterocycles. The first kappa shape index (κ1) is 16.8. The predicted octanol–water partition coefficient (Wildman–Crippen LogP) is 3.06. The zero-order valence-corrected chi connectivity index (χ0v) is 14.4. The Morgan fingerprint density at radius 2 is 1.74 bits per heavy atom. The lowest BCUT2D eigenvalue weighted by Crippen LogP contribution is -2.46. The number of halogens is 2. The molecule has 1 aromatic rings. The number of amides is 2. The second-order valence-corrected chi connectivity index (χ2v) is 7.10. The standard InChI is InChI=1S/C16H21Cl2N3O2/c17-11-6-12(18)8-13(7-11)19-16(23)21-9-14(15(22)10-21)20-4-2-1-3-5-20/h6-8,14-15,22H,1-5,9-10H2,(H,19,23)/t14-,15-/m0/s1. The van der Waals surface area contributed by atoms with Gasteiger partial charge < -0.3 is 15.3 Å². The van der Waals surface area contributed by atoms with Crippen molar-refractivity contribution in [3.8, 4) is 0 Å². The minimum Gasteiger partial charge on any atom is -0.390 e. The van der Waals surface area contributed by atoms with E-state index in [1.165, 1.54) is 6.42 Å². The van der Waals surface area contributed by atoms with Crippen molar-refractivity contribution in [3.05, 3.63) is 28.2 Å². The van der Waals surface area contributed by atoms with Crippen molar-refractivity contribution >= 4 is 34.9 Å². The smallest absolute Gasteiger partial charge is 0.321 e. The Morgan fingerprint density at radius 3 is 2.39 bits per heavy atom. The molecule has 0 spiro atoms. The lowest BCUT2D eigenvalue weighted by molar-refractivity contribution is 0.0706. The molecule has 2 aliphatic heterocycles. The molecule has 1 aromatic carbocycles. The fraction of sp³-hybridized carbons (Fsp3) is 0.562. The number of carbonyl (C=O) groups is 1. The Hall–Kier alpha value is -1.01. The summed E-state index contributed by atoms with van der Waals surface area (Å²) < 4.78 is 0. The van der Waals surface area contributed by atoms with Crippen LogP contribution < -0.4 is 5.32 Å². The second kappa shape index (κ2) is 7.26. The third-order valence-electron chi connectivity index (χ3n) is 4.52. The summed E-state index contributed by atoms with van der Waals surface area (Å²) in [4.78, 5) is 16.4. The molecule has 0 bridgehead atoms. The third kappa shape index (κ3) is 4.10. The summed E-state index contributed by atoms with van der Waals surface area (Å²) in [7, 11) is 0. The lowest BCUT2D eigenvalue weighted by atomic mass is 10.1. The number of carbonyl (C=O) groups excluding carboxylic acids is 1. The summed E-state index contributed by atoms with van der Waals surface area (Å²) in [5.41, 5.74) is 0.559. The number of urea groups is 1. The van der Waals surface area contributed by atoms with Crippen LogP contribution in [-0.2, 0) is 0 Å². The minimum atomic E-state index is -0.498. The van der Waals surface area contributed by atoms with Crippen molar-refractivity contribution in [1.82, 2.24) is 9.80 Å². The van der Waals surface area contributed by atoms with Crippen LogP contribution in [0.2, 0.25) is 10.0 Å². The number of benzene rings is 1. The van der Waals surface area contributed by atoms with E-state index in [2.05, 4.69) is 10.2 Å². The van der Waals surface area contributed by atoms with Gasteiger partial charge in [-0.1, -0.05) is 29.6 Å². The molecule has 7 heteroatoms. The number of aliphatic hydroxyl groups excluding tert-OH is 1. The predicted molar refractivity (Wildman–Crippen MR) is 92.3 cm³/mol. The number of nitrogens with zero attached hydrogens (tertiary/aromatic N) is 2. The molecular weight excluding hydrogens is 337 g/mol. The van der Waals surface area contributed by atoms with Gasteiger partial charge in [-0.05, 0) is 44.1 Å². The van der Waals surface area contributed by atoms with E-state index in [1.54, 1.807) is 23.1 Å². The van der Waals surface area contributed by atoms with E-state index in [1.807, 2.05) is 0 Å². The maximum Gasteiger partial charge on any atom is 0.321 e. The summed E-state index contributed by atoms with van der Waals surface area (Å²) in [6, 6.07) is 4.72. The normalized spacial score (nSPS) is 25.6. The van der Waals surface area contributed by atoms with Gasteiger partial charge in [-0.2, -0.15) is 0 Å². The van der Waals surface area contributed by atoms with Gasteiger partial charge in [0.1, 0.15) is 0 Å². The zero-order valence-electron chi connectivity index (χ0n) is 12.8. The van der Waals surface area contributed by atoms with Gasteiger partial charge >= 0.3 is 6.03 Å². The highest BCUT2D eigenvalue weighted by atomic mass is 35.5. The SMILES string of the molecule is O=C(Nc1cc(Cl)cc(Cl)c1)N1C[C@H](O)[C@@H](N2CCCCC2)C1. The lowest BCUT2D eigenvalue weighted by Gasteiger charge is -2.33. The molecule has 2 fully saturated rings. The van der Waals surface area contributed by atoms with Gasteiger partial charge in [0, 0.05) is 22.3 Å². The Bertz CT molecular complexity index is 558. The quantitative estimate of drug-likeness (QED) is 0.855. The second-order valence-electron chi connectivity index (χ2n) is 6.22. The highest BCUT2D eigenvalue weighted by molar-refractivity contribution is 6.35. The van der Waals surface area contributed by atoms with Crippen molar-refractivity contribution in [3.63, 3.8) is 0 Å². The van der Waals surface area contributed by atoms with Gasteiger partial charge in [-0.15, -0.1) is 0 Å². The topological polar surface area (TPSA) is 55.8 Å². The molecule has 2 atom stereocenters. The largest absolute Gasteiger partial charge is 0.390 e. The van der Waals surface area contributed by atoms with E-state index in [9.17, 15) is 9.90 Å². The molecule has 126 valence electrons. The van der Waals surface area contributed by atoms with Crippen LogP contribution in [0.25, 0.3) is 0 Å². The van der Waals surface area contributed by atoms with Crippen LogP contribution in [0.1, 0.15) is 19.3 Å². The van der Waals surface area contributed by atoms with Crippen LogP contribution in [0.5, 0.6) is 0 Å². The number of likely N-dealkylation sites (tertiary alicyclic amines) is 2. The Kier molecular flexibility index (Phi) is 5.31. The van der Waals surface area contributed by atoms with Crippen molar-refractivity contribution < 1.29 is 9.90 Å². The monoisotopic (exact) mass is 357 g/mol. The molecular formula is C16H21Cl2N3O2. The van der Waals surface area contributed by atoms with Gasteiger partial charge in [0.05, 0.1) is 18.7 Å². The molecule has 0 unspecified atom stereocenters. The number of aliphatic hydroxyl groups is 1. The molecule has 5 nitrogen and oxygen atoms in total. The third-order valence-corrected chi connectivity index (χ3v) is 4.96. The molecule has 0 radical (unpaired) electrons. The van der Waals surface area contributed by atoms with Crippen molar-refractivity contribution in [1.29, 1.82) is 0 Å². The van der Waals surface area contributed by atoms with Crippen LogP contribution in [0.4, 0.5) is 10.5 Å². The first-order valence-corrected chi connectivity index (χ1v) is 8.72. The number of rotatable bonds is 2. The van der Waals surface area contributed by atoms with Crippen LogP contribution >= 0.6 is 23.2 Å². The summed E-state index contributed by atoms with van der Waals surface area (Å²) in [6.07, 6.45) is 3.08. The number of β-amino-alcohol motifs (C(OH)–C–C–N with tert-alkyl or cyclic N) is 1. The van der Waals surface area contributed by atoms with Crippen LogP contribution in [0, 0.1) is 0 Å². The Balaban J connectivity index is 1.62. The van der Waals surface area contributed by atoms with Crippen molar-refractivity contribution in [2.24, 2.45) is 0 Å². The van der Waals surface area contributed by atoms with E-state index >= 15 is 0 Å². The molecule has 0 saturated carbocycles. The van der Waals surface area contributed by atoms with Crippen LogP contribution in [0.15, 0.2) is 18.2 Å². The fourth-order valence-electron chi connectivity index (χ4n) is 3.37. The summed E-state index contributed by atoms with van der Waals surface area (Å²) in [5, 5.41) is 14.1. The molecule has 0 aromatic heterocycles. The number of hydrogen-bond donors (Lipinski definition) is 2. The first-order valence-electron chi connectivity index (χ1n) is 7.97. The molecule has 3 rings (SSSR count). The summed E-state index contributed by atoms with van der Waals surface area (Å²) in [6.45, 7) is 2.89. The summed E-state index contributed by atoms with van der Waals surface area (Å²) >= 11 is 11.9.